The van der Waals surface area contributed by atoms with Crippen molar-refractivity contribution in [3.8, 4) is 17.2 Å². The van der Waals surface area contributed by atoms with Crippen molar-refractivity contribution < 1.29 is 19.0 Å². The number of carbonyl (C=O) groups is 1. The fourth-order valence-corrected chi connectivity index (χ4v) is 1.82. The minimum absolute atomic E-state index is 0.149. The van der Waals surface area contributed by atoms with Crippen LogP contribution in [0.4, 0.5) is 0 Å². The van der Waals surface area contributed by atoms with Gasteiger partial charge in [0, 0.05) is 5.56 Å². The monoisotopic (exact) mass is 255 g/mol. The molecule has 17 heavy (non-hydrogen) atoms. The second-order valence-electron chi connectivity index (χ2n) is 3.19. The van der Waals surface area contributed by atoms with Gasteiger partial charge >= 0.3 is 0 Å². The van der Waals surface area contributed by atoms with Gasteiger partial charge in [0.2, 0.25) is 5.75 Å². The average Bonchev–Trinajstić information content (AvgIpc) is 2.35. The summed E-state index contributed by atoms with van der Waals surface area (Å²) in [7, 11) is 3.68. The van der Waals surface area contributed by atoms with Gasteiger partial charge in [0.25, 0.3) is 0 Å². The number of hydrogen-bond donors (Lipinski definition) is 0. The molecule has 0 saturated carbocycles. The Balaban J connectivity index is 3.42. The molecule has 0 fully saturated rings. The lowest BCUT2D eigenvalue weighted by Gasteiger charge is -2.15. The highest BCUT2D eigenvalue weighted by Crippen LogP contribution is 2.38. The molecule has 1 aromatic carbocycles. The highest BCUT2D eigenvalue weighted by atomic mass is 32.2. The summed E-state index contributed by atoms with van der Waals surface area (Å²) < 4.78 is 15.5. The quantitative estimate of drug-likeness (QED) is 0.601. The molecule has 0 unspecified atom stereocenters. The number of ether oxygens (including phenoxy) is 3. The van der Waals surface area contributed by atoms with Gasteiger partial charge in [-0.15, -0.1) is 0 Å². The van der Waals surface area contributed by atoms with E-state index in [0.717, 1.165) is 0 Å². The molecule has 1 aromatic rings. The van der Waals surface area contributed by atoms with Crippen molar-refractivity contribution in [2.24, 2.45) is 0 Å². The van der Waals surface area contributed by atoms with Crippen LogP contribution in [0.15, 0.2) is 12.1 Å². The summed E-state index contributed by atoms with van der Waals surface area (Å²) in [6.07, 6.45) is 0. The van der Waals surface area contributed by atoms with E-state index in [0.29, 0.717) is 22.8 Å². The molecule has 0 radical (unpaired) electrons. The Labute approximate surface area is 103 Å². The maximum atomic E-state index is 11.8. The van der Waals surface area contributed by atoms with Gasteiger partial charge in [-0.25, -0.2) is 11.7 Å². The van der Waals surface area contributed by atoms with E-state index >= 15 is 0 Å². The van der Waals surface area contributed by atoms with Crippen molar-refractivity contribution in [3.63, 3.8) is 0 Å². The fraction of sp³-hybridized carbons (Fsp3) is 0.250. The minimum Gasteiger partial charge on any atom is -0.493 e. The Hall–Kier alpha value is -1.62. The van der Waals surface area contributed by atoms with Crippen LogP contribution in [0.2, 0.25) is 0 Å². The summed E-state index contributed by atoms with van der Waals surface area (Å²) in [5.74, 6) is 8.59. The van der Waals surface area contributed by atoms with E-state index < -0.39 is 10.1 Å². The van der Waals surface area contributed by atoms with Crippen LogP contribution in [0.25, 0.3) is 0 Å². The van der Waals surface area contributed by atoms with E-state index in [1.54, 1.807) is 12.1 Å². The molecule has 0 N–H and O–H groups in total. The Morgan fingerprint density at radius 2 is 1.53 bits per heavy atom. The summed E-state index contributed by atoms with van der Waals surface area (Å²) >= 11 is 0. The Morgan fingerprint density at radius 3 is 1.82 bits per heavy atom. The molecular formula is C12H15O4S-. The maximum Gasteiger partial charge on any atom is 0.203 e. The lowest BCUT2D eigenvalue weighted by Crippen LogP contribution is -2.03. The summed E-state index contributed by atoms with van der Waals surface area (Å²) in [6.45, 7) is 0. The highest BCUT2D eigenvalue weighted by Gasteiger charge is 2.13. The molecule has 0 atom stereocenters. The first-order chi connectivity index (χ1) is 8.04. The predicted molar refractivity (Wildman–Crippen MR) is 72.0 cm³/mol. The smallest absolute Gasteiger partial charge is 0.203 e. The largest absolute Gasteiger partial charge is 0.493 e. The second kappa shape index (κ2) is 5.63. The summed E-state index contributed by atoms with van der Waals surface area (Å²) in [5, 5.41) is -0.149. The molecule has 0 heterocycles. The zero-order valence-electron chi connectivity index (χ0n) is 10.1. The van der Waals surface area contributed by atoms with Crippen LogP contribution in [0.1, 0.15) is 10.4 Å². The number of rotatable bonds is 4. The molecule has 0 aliphatic rings. The molecule has 0 aromatic heterocycles. The van der Waals surface area contributed by atoms with E-state index in [1.165, 1.54) is 21.3 Å². The topological polar surface area (TPSA) is 44.8 Å². The summed E-state index contributed by atoms with van der Waals surface area (Å²) in [4.78, 5) is 11.8. The number of hydrogen-bond acceptors (Lipinski definition) is 5. The van der Waals surface area contributed by atoms with Crippen molar-refractivity contribution in [2.45, 2.75) is 0 Å². The number of benzene rings is 1. The molecule has 1 rings (SSSR count). The molecule has 0 aliphatic carbocycles. The maximum absolute atomic E-state index is 11.8. The molecule has 0 saturated heterocycles. The van der Waals surface area contributed by atoms with Crippen LogP contribution in [0.3, 0.4) is 0 Å². The first-order valence-electron chi connectivity index (χ1n) is 4.73. The van der Waals surface area contributed by atoms with Gasteiger partial charge in [0.05, 0.1) is 26.4 Å². The average molecular weight is 255 g/mol. The van der Waals surface area contributed by atoms with Crippen molar-refractivity contribution in [1.29, 1.82) is 0 Å². The molecule has 4 nitrogen and oxygen atoms in total. The molecular weight excluding hydrogens is 240 g/mol. The van der Waals surface area contributed by atoms with E-state index in [2.05, 4.69) is 11.7 Å². The molecule has 5 heteroatoms. The standard InChI is InChI=1S/C12H15O4S/c1-14-9-6-8(12(13)17(4)5)7-10(15-2)11(9)16-3/h6-7H,4-5H2,1-3H3/q-1. The summed E-state index contributed by atoms with van der Waals surface area (Å²) in [5.41, 5.74) is 0.452. The van der Waals surface area contributed by atoms with Gasteiger partial charge in [0.1, 0.15) is 0 Å². The first-order valence-corrected chi connectivity index (χ1v) is 6.29. The zero-order valence-corrected chi connectivity index (χ0v) is 10.9. The van der Waals surface area contributed by atoms with Crippen molar-refractivity contribution in [3.05, 3.63) is 17.7 Å². The first kappa shape index (κ1) is 13.4. The SMILES string of the molecule is C=[S-](=C)C(=O)c1cc(OC)c(OC)c(OC)c1. The van der Waals surface area contributed by atoms with Crippen LogP contribution in [0, 0.1) is 0 Å². The van der Waals surface area contributed by atoms with E-state index in [-0.39, 0.29) is 5.12 Å². The van der Waals surface area contributed by atoms with Crippen LogP contribution in [-0.2, 0) is 10.1 Å². The molecule has 0 aliphatic heterocycles. The summed E-state index contributed by atoms with van der Waals surface area (Å²) in [6, 6.07) is 3.19. The van der Waals surface area contributed by atoms with Crippen LogP contribution < -0.4 is 14.2 Å². The second-order valence-corrected chi connectivity index (χ2v) is 4.55. The van der Waals surface area contributed by atoms with Crippen LogP contribution in [-0.4, -0.2) is 38.2 Å². The third-order valence-electron chi connectivity index (χ3n) is 2.16. The third-order valence-corrected chi connectivity index (χ3v) is 2.92. The lowest BCUT2D eigenvalue weighted by atomic mass is 10.2. The number of methoxy groups -OCH3 is 3. The normalized spacial score (nSPS) is 10.1. The molecule has 0 bridgehead atoms. The predicted octanol–water partition coefficient (Wildman–Crippen LogP) is 1.33. The van der Waals surface area contributed by atoms with Crippen LogP contribution >= 0.6 is 0 Å². The fourth-order valence-electron chi connectivity index (χ4n) is 1.37. The van der Waals surface area contributed by atoms with Crippen molar-refractivity contribution >= 4 is 26.9 Å². The number of carbonyl (C=O) groups excluding carboxylic acids is 1. The Morgan fingerprint density at radius 1 is 1.06 bits per heavy atom. The van der Waals surface area contributed by atoms with Crippen molar-refractivity contribution in [2.75, 3.05) is 21.3 Å². The van der Waals surface area contributed by atoms with Gasteiger partial charge in [-0.3, -0.25) is 0 Å². The van der Waals surface area contributed by atoms with Gasteiger partial charge in [0.15, 0.2) is 11.5 Å². The third kappa shape index (κ3) is 2.74. The Bertz CT molecular complexity index is 470. The van der Waals surface area contributed by atoms with Crippen LogP contribution in [0.5, 0.6) is 17.2 Å². The Kier molecular flexibility index (Phi) is 4.45. The van der Waals surface area contributed by atoms with Gasteiger partial charge in [-0.2, -0.15) is 0 Å². The molecule has 94 valence electrons. The van der Waals surface area contributed by atoms with E-state index in [4.69, 9.17) is 14.2 Å². The zero-order chi connectivity index (χ0) is 13.0. The van der Waals surface area contributed by atoms with E-state index in [1.807, 2.05) is 0 Å². The molecule has 0 amide bonds. The minimum atomic E-state index is -0.831. The van der Waals surface area contributed by atoms with E-state index in [9.17, 15) is 4.79 Å². The van der Waals surface area contributed by atoms with Gasteiger partial charge in [-0.1, -0.05) is 0 Å². The van der Waals surface area contributed by atoms with Gasteiger partial charge in [-0.05, 0) is 12.1 Å². The highest BCUT2D eigenvalue weighted by molar-refractivity contribution is 8.06. The molecule has 0 spiro atoms. The van der Waals surface area contributed by atoms with Crippen molar-refractivity contribution in [1.82, 2.24) is 0 Å². The van der Waals surface area contributed by atoms with Gasteiger partial charge < -0.3 is 29.1 Å². The lowest BCUT2D eigenvalue weighted by molar-refractivity contribution is 0.108.